The van der Waals surface area contributed by atoms with Gasteiger partial charge in [0.2, 0.25) is 0 Å². The molecule has 2 aromatic heterocycles. The lowest BCUT2D eigenvalue weighted by atomic mass is 9.88. The molecule has 0 saturated heterocycles. The minimum atomic E-state index is -4.56. The maximum absolute atomic E-state index is 14.6. The largest absolute Gasteiger partial charge is 0.417 e. The number of nitrogens with zero attached hydrogens (tertiary/aromatic N) is 5. The number of aryl methyl sites for hydroxylation is 1. The number of benzene rings is 8. The summed E-state index contributed by atoms with van der Waals surface area (Å²) in [5.74, 6) is 0.527. The summed E-state index contributed by atoms with van der Waals surface area (Å²) in [6, 6.07) is 62.9. The van der Waals surface area contributed by atoms with E-state index in [0.717, 1.165) is 32.9 Å². The van der Waals surface area contributed by atoms with Gasteiger partial charge in [-0.05, 0) is 72.6 Å². The van der Waals surface area contributed by atoms with Gasteiger partial charge in [0.05, 0.1) is 56.9 Å². The highest BCUT2D eigenvalue weighted by Gasteiger charge is 2.34. The molecule has 10 rings (SSSR count). The van der Waals surface area contributed by atoms with Crippen molar-refractivity contribution in [2.24, 2.45) is 0 Å². The van der Waals surface area contributed by atoms with E-state index in [1.165, 1.54) is 12.1 Å². The average molecular weight is 834 g/mol. The third-order valence-electron chi connectivity index (χ3n) is 11.6. The first kappa shape index (κ1) is 39.5. The quantitative estimate of drug-likeness (QED) is 0.160. The summed E-state index contributed by atoms with van der Waals surface area (Å²) < 4.78 is 45.8. The zero-order chi connectivity index (χ0) is 44.0. The Morgan fingerprint density at radius 1 is 0.453 bits per heavy atom. The van der Waals surface area contributed by atoms with Gasteiger partial charge in [-0.3, -0.25) is 0 Å². The summed E-state index contributed by atoms with van der Waals surface area (Å²) in [4.78, 5) is 10.2. The SMILES string of the molecule is Cc1ccc(-c2ccc3c(c2)c2ccccc2n3-c2c(-c3ccccc3C#N)cc(-c3cc(-c4ccccc4)nc(-c4ccccc4)n3)cc2-c2ccccc2C#N)c(C(F)(F)F)c1. The van der Waals surface area contributed by atoms with Crippen LogP contribution in [0.2, 0.25) is 0 Å². The molecular weight excluding hydrogens is 800 g/mol. The molecule has 0 spiro atoms. The van der Waals surface area contributed by atoms with E-state index < -0.39 is 11.7 Å². The number of para-hydroxylation sites is 1. The number of alkyl halides is 3. The van der Waals surface area contributed by atoms with Gasteiger partial charge in [-0.25, -0.2) is 9.97 Å². The number of aromatic nitrogens is 3. The number of nitriles is 2. The second-order valence-electron chi connectivity index (χ2n) is 15.6. The minimum Gasteiger partial charge on any atom is -0.308 e. The van der Waals surface area contributed by atoms with Crippen LogP contribution in [0, 0.1) is 29.6 Å². The summed E-state index contributed by atoms with van der Waals surface area (Å²) in [5.41, 5.74) is 9.84. The first-order chi connectivity index (χ1) is 31.2. The Labute approximate surface area is 367 Å². The molecule has 2 heterocycles. The molecule has 64 heavy (non-hydrogen) atoms. The normalized spacial score (nSPS) is 11.4. The summed E-state index contributed by atoms with van der Waals surface area (Å²) >= 11 is 0. The molecule has 10 aromatic rings. The lowest BCUT2D eigenvalue weighted by Gasteiger charge is -2.22. The summed E-state index contributed by atoms with van der Waals surface area (Å²) in [6.07, 6.45) is -4.56. The van der Waals surface area contributed by atoms with Crippen LogP contribution in [0.5, 0.6) is 0 Å². The first-order valence-corrected chi connectivity index (χ1v) is 20.6. The first-order valence-electron chi connectivity index (χ1n) is 20.6. The smallest absolute Gasteiger partial charge is 0.308 e. The van der Waals surface area contributed by atoms with Crippen molar-refractivity contribution in [2.45, 2.75) is 13.1 Å². The fraction of sp³-hybridized carbons (Fsp3) is 0.0357. The number of halogens is 3. The van der Waals surface area contributed by atoms with Crippen molar-refractivity contribution in [3.8, 4) is 85.1 Å². The monoisotopic (exact) mass is 833 g/mol. The van der Waals surface area contributed by atoms with E-state index in [0.29, 0.717) is 73.0 Å². The molecule has 304 valence electrons. The molecule has 0 amide bonds. The summed E-state index contributed by atoms with van der Waals surface area (Å²) in [5, 5.41) is 22.9. The van der Waals surface area contributed by atoms with Crippen molar-refractivity contribution < 1.29 is 13.2 Å². The van der Waals surface area contributed by atoms with Crippen LogP contribution in [0.3, 0.4) is 0 Å². The number of rotatable bonds is 7. The Morgan fingerprint density at radius 2 is 1.00 bits per heavy atom. The molecule has 5 nitrogen and oxygen atoms in total. The zero-order valence-corrected chi connectivity index (χ0v) is 34.3. The van der Waals surface area contributed by atoms with Crippen LogP contribution in [0.1, 0.15) is 22.3 Å². The molecule has 0 radical (unpaired) electrons. The predicted octanol–water partition coefficient (Wildman–Crippen LogP) is 14.6. The van der Waals surface area contributed by atoms with E-state index in [-0.39, 0.29) is 5.56 Å². The molecule has 0 bridgehead atoms. The van der Waals surface area contributed by atoms with Gasteiger partial charge in [-0.1, -0.05) is 139 Å². The van der Waals surface area contributed by atoms with Gasteiger partial charge in [0, 0.05) is 49.7 Å². The highest BCUT2D eigenvalue weighted by molar-refractivity contribution is 6.12. The molecule has 0 N–H and O–H groups in total. The maximum atomic E-state index is 14.6. The van der Waals surface area contributed by atoms with Gasteiger partial charge >= 0.3 is 6.18 Å². The highest BCUT2D eigenvalue weighted by atomic mass is 19.4. The Bertz CT molecular complexity index is 3390. The number of hydrogen-bond donors (Lipinski definition) is 0. The van der Waals surface area contributed by atoms with Crippen LogP contribution >= 0.6 is 0 Å². The van der Waals surface area contributed by atoms with Gasteiger partial charge in [0.1, 0.15) is 0 Å². The molecule has 0 saturated carbocycles. The van der Waals surface area contributed by atoms with E-state index in [4.69, 9.17) is 9.97 Å². The fourth-order valence-electron chi connectivity index (χ4n) is 8.66. The van der Waals surface area contributed by atoms with E-state index in [2.05, 4.69) is 16.7 Å². The Morgan fingerprint density at radius 3 is 1.62 bits per heavy atom. The van der Waals surface area contributed by atoms with Crippen LogP contribution in [0.4, 0.5) is 13.2 Å². The lowest BCUT2D eigenvalue weighted by molar-refractivity contribution is -0.137. The van der Waals surface area contributed by atoms with Crippen LogP contribution in [-0.2, 0) is 6.18 Å². The molecule has 0 atom stereocenters. The molecule has 0 unspecified atom stereocenters. The molecule has 0 aliphatic heterocycles. The van der Waals surface area contributed by atoms with Crippen molar-refractivity contribution in [3.05, 3.63) is 210 Å². The third kappa shape index (κ3) is 7.03. The van der Waals surface area contributed by atoms with Crippen molar-refractivity contribution in [1.82, 2.24) is 14.5 Å². The van der Waals surface area contributed by atoms with Gasteiger partial charge in [0.25, 0.3) is 0 Å². The van der Waals surface area contributed by atoms with Crippen LogP contribution in [-0.4, -0.2) is 14.5 Å². The van der Waals surface area contributed by atoms with Gasteiger partial charge in [-0.2, -0.15) is 23.7 Å². The molecule has 0 aliphatic rings. The fourth-order valence-corrected chi connectivity index (χ4v) is 8.66. The molecule has 0 fully saturated rings. The Balaban J connectivity index is 1.34. The second-order valence-corrected chi connectivity index (χ2v) is 15.6. The van der Waals surface area contributed by atoms with Crippen molar-refractivity contribution in [3.63, 3.8) is 0 Å². The van der Waals surface area contributed by atoms with E-state index in [1.807, 2.05) is 152 Å². The molecular formula is C56H34F3N5. The van der Waals surface area contributed by atoms with Gasteiger partial charge < -0.3 is 4.57 Å². The standard InChI is InChI=1S/C56H34F3N5/c1-35-24-26-44(49(28-35)56(57,58)59)38-25-27-53-46(29-38)45-22-12-13-23-52(45)64(53)54-47(42-20-10-8-18-39(42)33-60)30-41(31-48(54)43-21-11-9-19-40(43)34-61)51-32-50(36-14-4-2-5-15-36)62-55(63-51)37-16-6-3-7-17-37/h2-32H,1H3. The summed E-state index contributed by atoms with van der Waals surface area (Å²) in [7, 11) is 0. The molecule has 8 heteroatoms. The molecule has 8 aromatic carbocycles. The third-order valence-corrected chi connectivity index (χ3v) is 11.6. The predicted molar refractivity (Wildman–Crippen MR) is 248 cm³/mol. The maximum Gasteiger partial charge on any atom is 0.417 e. The van der Waals surface area contributed by atoms with Crippen LogP contribution < -0.4 is 0 Å². The highest BCUT2D eigenvalue weighted by Crippen LogP contribution is 2.47. The van der Waals surface area contributed by atoms with E-state index in [9.17, 15) is 23.7 Å². The Kier molecular flexibility index (Phi) is 9.90. The van der Waals surface area contributed by atoms with Crippen molar-refractivity contribution >= 4 is 21.8 Å². The van der Waals surface area contributed by atoms with Crippen molar-refractivity contribution in [2.75, 3.05) is 0 Å². The number of fused-ring (bicyclic) bond motifs is 3. The zero-order valence-electron chi connectivity index (χ0n) is 34.3. The van der Waals surface area contributed by atoms with Crippen molar-refractivity contribution in [1.29, 1.82) is 10.5 Å². The topological polar surface area (TPSA) is 78.3 Å². The van der Waals surface area contributed by atoms with Crippen LogP contribution in [0.25, 0.3) is 94.8 Å². The molecule has 0 aliphatic carbocycles. The average Bonchev–Trinajstić information content (AvgIpc) is 3.66. The second kappa shape index (κ2) is 16.0. The lowest BCUT2D eigenvalue weighted by Crippen LogP contribution is -2.07. The van der Waals surface area contributed by atoms with Gasteiger partial charge in [0.15, 0.2) is 5.82 Å². The van der Waals surface area contributed by atoms with E-state index >= 15 is 0 Å². The summed E-state index contributed by atoms with van der Waals surface area (Å²) in [6.45, 7) is 1.65. The van der Waals surface area contributed by atoms with Crippen LogP contribution in [0.15, 0.2) is 188 Å². The van der Waals surface area contributed by atoms with E-state index in [1.54, 1.807) is 31.2 Å². The number of hydrogen-bond acceptors (Lipinski definition) is 4. The van der Waals surface area contributed by atoms with Gasteiger partial charge in [-0.15, -0.1) is 0 Å². The minimum absolute atomic E-state index is 0.0862. The Hall–Kier alpha value is -8.59.